The van der Waals surface area contributed by atoms with Gasteiger partial charge in [0.2, 0.25) is 0 Å². The topological polar surface area (TPSA) is 18.5 Å². The molecule has 88 valence electrons. The molecule has 0 aromatic heterocycles. The third-order valence-electron chi connectivity index (χ3n) is 2.62. The van der Waals surface area contributed by atoms with Gasteiger partial charge in [0.25, 0.3) is 0 Å². The molecule has 1 saturated heterocycles. The van der Waals surface area contributed by atoms with Gasteiger partial charge in [-0.3, -0.25) is 0 Å². The van der Waals surface area contributed by atoms with E-state index in [9.17, 15) is 0 Å². The van der Waals surface area contributed by atoms with Gasteiger partial charge in [0, 0.05) is 22.5 Å². The largest absolute Gasteiger partial charge is 0.488 e. The smallest absolute Gasteiger partial charge is 0.125 e. The van der Waals surface area contributed by atoms with Gasteiger partial charge in [0.1, 0.15) is 11.9 Å². The highest BCUT2D eigenvalue weighted by Crippen LogP contribution is 2.30. The highest BCUT2D eigenvalue weighted by atomic mass is 79.9. The molecule has 1 unspecified atom stereocenters. The summed E-state index contributed by atoms with van der Waals surface area (Å²) in [7, 11) is 0. The van der Waals surface area contributed by atoms with Crippen molar-refractivity contribution in [3.8, 4) is 5.75 Å². The molecule has 1 aromatic rings. The number of benzene rings is 1. The van der Waals surface area contributed by atoms with Crippen LogP contribution in [0, 0.1) is 0 Å². The molecule has 1 atom stereocenters. The molecule has 2 nitrogen and oxygen atoms in total. The molecule has 0 saturated carbocycles. The molecular formula is C12H14BrClO2. The minimum atomic E-state index is 0.157. The number of hydrogen-bond donors (Lipinski definition) is 0. The molecule has 1 fully saturated rings. The Balaban J connectivity index is 2.10. The Morgan fingerprint density at radius 2 is 2.38 bits per heavy atom. The normalized spacial score (nSPS) is 20.8. The molecule has 1 aromatic carbocycles. The van der Waals surface area contributed by atoms with Gasteiger partial charge in [0.15, 0.2) is 0 Å². The second-order valence-corrected chi connectivity index (χ2v) is 4.78. The molecule has 1 aliphatic rings. The Morgan fingerprint density at radius 1 is 1.50 bits per heavy atom. The van der Waals surface area contributed by atoms with Crippen LogP contribution in [-0.4, -0.2) is 19.3 Å². The third kappa shape index (κ3) is 2.90. The minimum Gasteiger partial charge on any atom is -0.488 e. The number of rotatable bonds is 3. The van der Waals surface area contributed by atoms with Crippen LogP contribution in [-0.2, 0) is 10.1 Å². The zero-order valence-electron chi connectivity index (χ0n) is 8.92. The van der Waals surface area contributed by atoms with Gasteiger partial charge >= 0.3 is 0 Å². The van der Waals surface area contributed by atoms with Crippen molar-refractivity contribution in [1.82, 2.24) is 0 Å². The number of hydrogen-bond acceptors (Lipinski definition) is 2. The average Bonchev–Trinajstić information content (AvgIpc) is 2.31. The molecule has 0 bridgehead atoms. The van der Waals surface area contributed by atoms with Crippen LogP contribution in [0.2, 0.25) is 5.02 Å². The van der Waals surface area contributed by atoms with Crippen molar-refractivity contribution in [1.29, 1.82) is 0 Å². The highest BCUT2D eigenvalue weighted by molar-refractivity contribution is 9.08. The molecule has 16 heavy (non-hydrogen) atoms. The lowest BCUT2D eigenvalue weighted by Gasteiger charge is -2.24. The summed E-state index contributed by atoms with van der Waals surface area (Å²) in [5.74, 6) is 0.861. The van der Waals surface area contributed by atoms with E-state index >= 15 is 0 Å². The van der Waals surface area contributed by atoms with Crippen LogP contribution in [0.25, 0.3) is 0 Å². The van der Waals surface area contributed by atoms with Crippen molar-refractivity contribution in [2.45, 2.75) is 24.3 Å². The Labute approximate surface area is 109 Å². The molecule has 0 aliphatic carbocycles. The molecule has 0 amide bonds. The standard InChI is InChI=1S/C12H14BrClO2/c13-7-10-11(14)4-1-5-12(10)16-9-3-2-6-15-8-9/h1,4-5,9H,2-3,6-8H2. The Bertz CT molecular complexity index is 351. The maximum absolute atomic E-state index is 6.11. The number of ether oxygens (including phenoxy) is 2. The maximum atomic E-state index is 6.11. The minimum absolute atomic E-state index is 0.157. The molecule has 2 rings (SSSR count). The van der Waals surface area contributed by atoms with Crippen LogP contribution in [0.5, 0.6) is 5.75 Å². The van der Waals surface area contributed by atoms with Crippen LogP contribution in [0.3, 0.4) is 0 Å². The van der Waals surface area contributed by atoms with Gasteiger partial charge in [-0.2, -0.15) is 0 Å². The van der Waals surface area contributed by atoms with Crippen molar-refractivity contribution in [2.24, 2.45) is 0 Å². The zero-order chi connectivity index (χ0) is 11.4. The Kier molecular flexibility index (Phi) is 4.50. The lowest BCUT2D eigenvalue weighted by molar-refractivity contribution is 0.00714. The van der Waals surface area contributed by atoms with Crippen LogP contribution in [0.1, 0.15) is 18.4 Å². The highest BCUT2D eigenvalue weighted by Gasteiger charge is 2.17. The molecule has 0 spiro atoms. The first kappa shape index (κ1) is 12.2. The van der Waals surface area contributed by atoms with Crippen molar-refractivity contribution < 1.29 is 9.47 Å². The summed E-state index contributed by atoms with van der Waals surface area (Å²) in [6, 6.07) is 5.74. The van der Waals surface area contributed by atoms with Crippen LogP contribution < -0.4 is 4.74 Å². The maximum Gasteiger partial charge on any atom is 0.125 e. The summed E-state index contributed by atoms with van der Waals surface area (Å²) >= 11 is 9.53. The first-order valence-electron chi connectivity index (χ1n) is 5.39. The predicted octanol–water partition coefficient (Wildman–Crippen LogP) is 3.79. The van der Waals surface area contributed by atoms with E-state index < -0.39 is 0 Å². The van der Waals surface area contributed by atoms with E-state index in [4.69, 9.17) is 21.1 Å². The summed E-state index contributed by atoms with van der Waals surface area (Å²) in [6.45, 7) is 1.52. The van der Waals surface area contributed by atoms with Gasteiger partial charge in [0.05, 0.1) is 6.61 Å². The lowest BCUT2D eigenvalue weighted by Crippen LogP contribution is -2.28. The zero-order valence-corrected chi connectivity index (χ0v) is 11.3. The number of halogens is 2. The summed E-state index contributed by atoms with van der Waals surface area (Å²) in [5.41, 5.74) is 1.01. The monoisotopic (exact) mass is 304 g/mol. The molecule has 0 N–H and O–H groups in total. The second-order valence-electron chi connectivity index (χ2n) is 3.81. The van der Waals surface area contributed by atoms with E-state index in [-0.39, 0.29) is 6.10 Å². The predicted molar refractivity (Wildman–Crippen MR) is 68.6 cm³/mol. The van der Waals surface area contributed by atoms with E-state index in [1.165, 1.54) is 0 Å². The van der Waals surface area contributed by atoms with Crippen LogP contribution in [0.4, 0.5) is 0 Å². The van der Waals surface area contributed by atoms with Gasteiger partial charge in [-0.05, 0) is 25.0 Å². The quantitative estimate of drug-likeness (QED) is 0.791. The van der Waals surface area contributed by atoms with E-state index in [1.54, 1.807) is 0 Å². The first-order valence-corrected chi connectivity index (χ1v) is 6.89. The summed E-state index contributed by atoms with van der Waals surface area (Å²) in [4.78, 5) is 0. The van der Waals surface area contributed by atoms with E-state index in [0.29, 0.717) is 11.9 Å². The van der Waals surface area contributed by atoms with Gasteiger partial charge in [-0.25, -0.2) is 0 Å². The first-order chi connectivity index (χ1) is 7.81. The molecule has 4 heteroatoms. The molecular weight excluding hydrogens is 291 g/mol. The van der Waals surface area contributed by atoms with Crippen molar-refractivity contribution >= 4 is 27.5 Å². The number of alkyl halides is 1. The van der Waals surface area contributed by atoms with Crippen molar-refractivity contribution in [3.05, 3.63) is 28.8 Å². The third-order valence-corrected chi connectivity index (χ3v) is 3.54. The van der Waals surface area contributed by atoms with Crippen molar-refractivity contribution in [2.75, 3.05) is 13.2 Å². The summed E-state index contributed by atoms with van der Waals surface area (Å²) in [5, 5.41) is 1.45. The fourth-order valence-corrected chi connectivity index (χ4v) is 2.74. The second kappa shape index (κ2) is 5.89. The van der Waals surface area contributed by atoms with Crippen molar-refractivity contribution in [3.63, 3.8) is 0 Å². The lowest BCUT2D eigenvalue weighted by atomic mass is 10.1. The van der Waals surface area contributed by atoms with Crippen LogP contribution >= 0.6 is 27.5 Å². The fraction of sp³-hybridized carbons (Fsp3) is 0.500. The summed E-state index contributed by atoms with van der Waals surface area (Å²) < 4.78 is 11.3. The summed E-state index contributed by atoms with van der Waals surface area (Å²) in [6.07, 6.45) is 2.27. The SMILES string of the molecule is Clc1cccc(OC2CCCOC2)c1CBr. The average molecular weight is 306 g/mol. The van der Waals surface area contributed by atoms with E-state index in [2.05, 4.69) is 15.9 Å². The van der Waals surface area contributed by atoms with Crippen LogP contribution in [0.15, 0.2) is 18.2 Å². The molecule has 1 aliphatic heterocycles. The van der Waals surface area contributed by atoms with Gasteiger partial charge < -0.3 is 9.47 Å². The Hall–Kier alpha value is -0.250. The van der Waals surface area contributed by atoms with E-state index in [0.717, 1.165) is 35.8 Å². The van der Waals surface area contributed by atoms with Gasteiger partial charge in [-0.1, -0.05) is 33.6 Å². The molecule has 1 heterocycles. The van der Waals surface area contributed by atoms with Gasteiger partial charge in [-0.15, -0.1) is 0 Å². The Morgan fingerprint density at radius 3 is 3.06 bits per heavy atom. The fourth-order valence-electron chi connectivity index (χ4n) is 1.76. The van der Waals surface area contributed by atoms with E-state index in [1.807, 2.05) is 18.2 Å². The molecule has 0 radical (unpaired) electrons.